The predicted molar refractivity (Wildman–Crippen MR) is 69.2 cm³/mol. The van der Waals surface area contributed by atoms with Gasteiger partial charge in [0.15, 0.2) is 0 Å². The minimum absolute atomic E-state index is 0.000156. The molecule has 1 unspecified atom stereocenters. The Labute approximate surface area is 119 Å². The van der Waals surface area contributed by atoms with Crippen LogP contribution in [0.15, 0.2) is 18.2 Å². The van der Waals surface area contributed by atoms with Crippen molar-refractivity contribution in [3.8, 4) is 0 Å². The van der Waals surface area contributed by atoms with Gasteiger partial charge in [-0.2, -0.15) is 0 Å². The van der Waals surface area contributed by atoms with Crippen LogP contribution in [0.3, 0.4) is 0 Å². The molecule has 1 saturated heterocycles. The molecule has 2 rings (SSSR count). The van der Waals surface area contributed by atoms with Crippen molar-refractivity contribution in [1.29, 1.82) is 0 Å². The number of nitrogens with zero attached hydrogens (tertiary/aromatic N) is 1. The maximum Gasteiger partial charge on any atom is 0.262 e. The van der Waals surface area contributed by atoms with Gasteiger partial charge in [0, 0.05) is 20.0 Å². The first-order chi connectivity index (χ1) is 9.28. The lowest BCUT2D eigenvalue weighted by atomic mass is 10.1. The molecule has 7 heteroatoms. The normalized spacial score (nSPS) is 20.9. The molecule has 20 heavy (non-hydrogen) atoms. The van der Waals surface area contributed by atoms with Crippen LogP contribution in [0.25, 0.3) is 0 Å². The molecule has 110 valence electrons. The van der Waals surface area contributed by atoms with Crippen LogP contribution in [0.5, 0.6) is 0 Å². The molecule has 3 nitrogen and oxygen atoms in total. The zero-order chi connectivity index (χ0) is 14.9. The van der Waals surface area contributed by atoms with Crippen LogP contribution in [0.1, 0.15) is 12.0 Å². The molecule has 1 heterocycles. The van der Waals surface area contributed by atoms with Crippen LogP contribution in [-0.2, 0) is 11.3 Å². The van der Waals surface area contributed by atoms with Crippen LogP contribution in [0.4, 0.5) is 13.2 Å². The zero-order valence-electron chi connectivity index (χ0n) is 10.8. The fraction of sp³-hybridized carbons (Fsp3) is 0.462. The van der Waals surface area contributed by atoms with E-state index in [0.717, 1.165) is 0 Å². The van der Waals surface area contributed by atoms with Crippen molar-refractivity contribution in [2.75, 3.05) is 13.6 Å². The zero-order valence-corrected chi connectivity index (χ0v) is 11.6. The maximum atomic E-state index is 13.3. The van der Waals surface area contributed by atoms with Crippen molar-refractivity contribution in [1.82, 2.24) is 10.2 Å². The summed E-state index contributed by atoms with van der Waals surface area (Å²) < 4.78 is 39.4. The molecule has 1 atom stereocenters. The summed E-state index contributed by atoms with van der Waals surface area (Å²) in [6, 6.07) is 3.31. The summed E-state index contributed by atoms with van der Waals surface area (Å²) >= 11 is 5.57. The number of hydrogen-bond donors (Lipinski definition) is 1. The van der Waals surface area contributed by atoms with Gasteiger partial charge < -0.3 is 4.90 Å². The van der Waals surface area contributed by atoms with Gasteiger partial charge in [-0.05, 0) is 17.7 Å². The van der Waals surface area contributed by atoms with E-state index in [1.807, 2.05) is 0 Å². The van der Waals surface area contributed by atoms with Crippen molar-refractivity contribution in [2.24, 2.45) is 0 Å². The summed E-state index contributed by atoms with van der Waals surface area (Å²) in [5.41, 5.74) is 0.549. The summed E-state index contributed by atoms with van der Waals surface area (Å²) in [4.78, 5) is 13.3. The van der Waals surface area contributed by atoms with E-state index in [1.54, 1.807) is 6.07 Å². The molecular weight excluding hydrogens is 293 g/mol. The third-order valence-corrected chi connectivity index (χ3v) is 3.49. The van der Waals surface area contributed by atoms with Gasteiger partial charge in [-0.3, -0.25) is 10.1 Å². The van der Waals surface area contributed by atoms with E-state index in [1.165, 1.54) is 24.1 Å². The second kappa shape index (κ2) is 5.61. The Morgan fingerprint density at radius 3 is 2.80 bits per heavy atom. The fourth-order valence-electron chi connectivity index (χ4n) is 2.15. The molecule has 1 aromatic rings. The Hall–Kier alpha value is -1.27. The van der Waals surface area contributed by atoms with Crippen molar-refractivity contribution in [3.05, 3.63) is 34.6 Å². The molecule has 0 aromatic heterocycles. The Morgan fingerprint density at radius 2 is 2.25 bits per heavy atom. The number of carbonyl (C=O) groups is 1. The fourth-order valence-corrected chi connectivity index (χ4v) is 2.26. The van der Waals surface area contributed by atoms with E-state index in [9.17, 15) is 18.0 Å². The minimum atomic E-state index is -2.85. The number of alkyl halides is 2. The molecule has 1 aromatic carbocycles. The number of benzene rings is 1. The summed E-state index contributed by atoms with van der Waals surface area (Å²) in [5.74, 6) is -3.86. The molecular formula is C13H14ClF3N2O. The maximum absolute atomic E-state index is 13.3. The van der Waals surface area contributed by atoms with Gasteiger partial charge in [0.05, 0.1) is 17.6 Å². The molecule has 1 N–H and O–H groups in total. The smallest absolute Gasteiger partial charge is 0.262 e. The Balaban J connectivity index is 1.99. The van der Waals surface area contributed by atoms with E-state index in [0.29, 0.717) is 5.56 Å². The number of amides is 1. The lowest BCUT2D eigenvalue weighted by Gasteiger charge is -2.21. The molecule has 0 radical (unpaired) electrons. The molecule has 0 spiro atoms. The second-order valence-corrected chi connectivity index (χ2v) is 5.34. The van der Waals surface area contributed by atoms with Crippen molar-refractivity contribution < 1.29 is 18.0 Å². The monoisotopic (exact) mass is 306 g/mol. The van der Waals surface area contributed by atoms with Crippen LogP contribution < -0.4 is 5.32 Å². The molecule has 0 aliphatic carbocycles. The summed E-state index contributed by atoms with van der Waals surface area (Å²) in [5, 5.41) is 2.50. The number of nitrogens with one attached hydrogen (secondary N) is 1. The molecule has 1 amide bonds. The lowest BCUT2D eigenvalue weighted by Crippen LogP contribution is -2.41. The first-order valence-corrected chi connectivity index (χ1v) is 6.46. The first-order valence-electron chi connectivity index (χ1n) is 6.08. The summed E-state index contributed by atoms with van der Waals surface area (Å²) in [6.07, 6.45) is -0.509. The number of hydrogen-bond acceptors (Lipinski definition) is 2. The van der Waals surface area contributed by atoms with Crippen LogP contribution >= 0.6 is 11.6 Å². The third kappa shape index (κ3) is 3.43. The quantitative estimate of drug-likeness (QED) is 0.930. The number of likely N-dealkylation sites (N-methyl/N-ethyl adjacent to an activating group) is 1. The van der Waals surface area contributed by atoms with Gasteiger partial charge in [-0.15, -0.1) is 0 Å². The van der Waals surface area contributed by atoms with Crippen LogP contribution in [-0.4, -0.2) is 36.4 Å². The highest BCUT2D eigenvalue weighted by Crippen LogP contribution is 2.26. The summed E-state index contributed by atoms with van der Waals surface area (Å²) in [7, 11) is 1.49. The minimum Gasteiger partial charge on any atom is -0.340 e. The topological polar surface area (TPSA) is 32.3 Å². The van der Waals surface area contributed by atoms with Gasteiger partial charge in [0.25, 0.3) is 5.92 Å². The average molecular weight is 307 g/mol. The molecule has 1 aliphatic rings. The highest BCUT2D eigenvalue weighted by atomic mass is 35.5. The van der Waals surface area contributed by atoms with Crippen molar-refractivity contribution in [2.45, 2.75) is 24.9 Å². The van der Waals surface area contributed by atoms with E-state index in [-0.39, 0.29) is 11.6 Å². The van der Waals surface area contributed by atoms with Gasteiger partial charge in [0.1, 0.15) is 5.82 Å². The van der Waals surface area contributed by atoms with Crippen molar-refractivity contribution >= 4 is 17.5 Å². The molecule has 0 saturated carbocycles. The van der Waals surface area contributed by atoms with Gasteiger partial charge in [0.2, 0.25) is 5.91 Å². The number of rotatable bonds is 3. The third-order valence-electron chi connectivity index (χ3n) is 3.19. The van der Waals surface area contributed by atoms with Gasteiger partial charge in [-0.25, -0.2) is 13.2 Å². The number of carbonyl (C=O) groups excluding carboxylic acids is 1. The second-order valence-electron chi connectivity index (χ2n) is 4.94. The van der Waals surface area contributed by atoms with Crippen LogP contribution in [0, 0.1) is 5.82 Å². The van der Waals surface area contributed by atoms with Gasteiger partial charge in [-0.1, -0.05) is 17.7 Å². The highest BCUT2D eigenvalue weighted by Gasteiger charge is 2.43. The number of halogens is 4. The van der Waals surface area contributed by atoms with Crippen molar-refractivity contribution in [3.63, 3.8) is 0 Å². The highest BCUT2D eigenvalue weighted by molar-refractivity contribution is 6.30. The lowest BCUT2D eigenvalue weighted by molar-refractivity contribution is -0.132. The van der Waals surface area contributed by atoms with E-state index in [2.05, 4.69) is 5.32 Å². The van der Waals surface area contributed by atoms with E-state index >= 15 is 0 Å². The van der Waals surface area contributed by atoms with E-state index in [4.69, 9.17) is 11.6 Å². The standard InChI is InChI=1S/C13H14ClF3N2O/c1-19(6-8-2-3-9(14)10(15)4-8)12(20)11-5-13(16,17)7-18-11/h2-4,11,18H,5-7H2,1H3. The summed E-state index contributed by atoms with van der Waals surface area (Å²) in [6.45, 7) is -0.358. The SMILES string of the molecule is CN(Cc1ccc(Cl)c(F)c1)C(=O)C1CC(F)(F)CN1. The molecule has 1 aliphatic heterocycles. The average Bonchev–Trinajstić information content (AvgIpc) is 2.73. The Kier molecular flexibility index (Phi) is 4.25. The Morgan fingerprint density at radius 1 is 1.55 bits per heavy atom. The largest absolute Gasteiger partial charge is 0.340 e. The Bertz CT molecular complexity index is 524. The van der Waals surface area contributed by atoms with Crippen LogP contribution in [0.2, 0.25) is 5.02 Å². The predicted octanol–water partition coefficient (Wildman–Crippen LogP) is 2.43. The molecule has 1 fully saturated rings. The molecule has 0 bridgehead atoms. The first kappa shape index (κ1) is 15.1. The van der Waals surface area contributed by atoms with Gasteiger partial charge >= 0.3 is 0 Å². The van der Waals surface area contributed by atoms with E-state index < -0.39 is 36.7 Å².